The van der Waals surface area contributed by atoms with Gasteiger partial charge < -0.3 is 10.6 Å². The zero-order valence-corrected chi connectivity index (χ0v) is 11.1. The molecule has 0 bridgehead atoms. The summed E-state index contributed by atoms with van der Waals surface area (Å²) in [7, 11) is 0. The number of benzene rings is 1. The average molecular weight is 290 g/mol. The average Bonchev–Trinajstić information content (AvgIpc) is 2.89. The standard InChI is InChI=1S/C14H18F4N2/c15-12-9-10(14(16,17)18)5-6-13(12)20(8-7-19)11-3-1-2-4-11/h5-6,9,11H,1-4,7-8,19H2. The molecule has 1 fully saturated rings. The van der Waals surface area contributed by atoms with Gasteiger partial charge in [-0.3, -0.25) is 0 Å². The largest absolute Gasteiger partial charge is 0.416 e. The summed E-state index contributed by atoms with van der Waals surface area (Å²) in [5.41, 5.74) is 4.80. The predicted molar refractivity (Wildman–Crippen MR) is 70.1 cm³/mol. The van der Waals surface area contributed by atoms with Crippen LogP contribution in [0.2, 0.25) is 0 Å². The van der Waals surface area contributed by atoms with Crippen LogP contribution in [0.15, 0.2) is 18.2 Å². The fourth-order valence-corrected chi connectivity index (χ4v) is 2.77. The first-order chi connectivity index (χ1) is 9.43. The van der Waals surface area contributed by atoms with Crippen LogP contribution >= 0.6 is 0 Å². The number of nitrogens with two attached hydrogens (primary N) is 1. The zero-order chi connectivity index (χ0) is 14.8. The Kier molecular flexibility index (Phi) is 4.52. The first-order valence-electron chi connectivity index (χ1n) is 6.77. The second kappa shape index (κ2) is 5.99. The molecule has 0 saturated heterocycles. The Morgan fingerprint density at radius 2 is 1.85 bits per heavy atom. The molecule has 6 heteroatoms. The molecule has 0 atom stereocenters. The van der Waals surface area contributed by atoms with Crippen molar-refractivity contribution >= 4 is 5.69 Å². The van der Waals surface area contributed by atoms with Crippen LogP contribution < -0.4 is 10.6 Å². The van der Waals surface area contributed by atoms with E-state index in [1.165, 1.54) is 6.07 Å². The van der Waals surface area contributed by atoms with E-state index in [-0.39, 0.29) is 11.7 Å². The maximum Gasteiger partial charge on any atom is 0.416 e. The van der Waals surface area contributed by atoms with E-state index in [1.807, 2.05) is 4.90 Å². The summed E-state index contributed by atoms with van der Waals surface area (Å²) in [6.45, 7) is 0.796. The molecule has 2 rings (SSSR count). The molecule has 1 aromatic rings. The van der Waals surface area contributed by atoms with Gasteiger partial charge >= 0.3 is 6.18 Å². The minimum atomic E-state index is -4.52. The van der Waals surface area contributed by atoms with Crippen molar-refractivity contribution in [2.75, 3.05) is 18.0 Å². The normalized spacial score (nSPS) is 16.6. The quantitative estimate of drug-likeness (QED) is 0.859. The summed E-state index contributed by atoms with van der Waals surface area (Å²) >= 11 is 0. The molecular weight excluding hydrogens is 272 g/mol. The lowest BCUT2D eigenvalue weighted by Gasteiger charge is -2.31. The highest BCUT2D eigenvalue weighted by atomic mass is 19.4. The molecule has 1 aliphatic carbocycles. The molecule has 2 nitrogen and oxygen atoms in total. The Morgan fingerprint density at radius 3 is 2.35 bits per heavy atom. The minimum Gasteiger partial charge on any atom is -0.365 e. The van der Waals surface area contributed by atoms with E-state index in [9.17, 15) is 17.6 Å². The maximum absolute atomic E-state index is 14.0. The third kappa shape index (κ3) is 3.23. The van der Waals surface area contributed by atoms with Crippen LogP contribution in [0.1, 0.15) is 31.2 Å². The molecule has 0 aromatic heterocycles. The number of halogens is 4. The van der Waals surface area contributed by atoms with Gasteiger partial charge in [0.2, 0.25) is 0 Å². The van der Waals surface area contributed by atoms with Gasteiger partial charge in [0.05, 0.1) is 11.3 Å². The summed E-state index contributed by atoms with van der Waals surface area (Å²) in [4.78, 5) is 1.81. The monoisotopic (exact) mass is 290 g/mol. The number of hydrogen-bond donors (Lipinski definition) is 1. The smallest absolute Gasteiger partial charge is 0.365 e. The van der Waals surface area contributed by atoms with Crippen LogP contribution in [0.4, 0.5) is 23.2 Å². The lowest BCUT2D eigenvalue weighted by Crippen LogP contribution is -2.38. The van der Waals surface area contributed by atoms with Crippen molar-refractivity contribution in [3.8, 4) is 0 Å². The van der Waals surface area contributed by atoms with E-state index >= 15 is 0 Å². The molecule has 1 aliphatic rings. The van der Waals surface area contributed by atoms with Gasteiger partial charge in [0, 0.05) is 19.1 Å². The molecule has 2 N–H and O–H groups in total. The molecule has 20 heavy (non-hydrogen) atoms. The summed E-state index contributed by atoms with van der Waals surface area (Å²) in [5.74, 6) is -0.833. The van der Waals surface area contributed by atoms with Gasteiger partial charge in [-0.15, -0.1) is 0 Å². The van der Waals surface area contributed by atoms with Gasteiger partial charge in [-0.25, -0.2) is 4.39 Å². The highest BCUT2D eigenvalue weighted by Crippen LogP contribution is 2.34. The van der Waals surface area contributed by atoms with Crippen molar-refractivity contribution in [2.24, 2.45) is 5.73 Å². The van der Waals surface area contributed by atoms with Crippen LogP contribution in [0.25, 0.3) is 0 Å². The number of hydrogen-bond acceptors (Lipinski definition) is 2. The van der Waals surface area contributed by atoms with Crippen molar-refractivity contribution in [1.29, 1.82) is 0 Å². The van der Waals surface area contributed by atoms with Crippen molar-refractivity contribution in [2.45, 2.75) is 37.9 Å². The van der Waals surface area contributed by atoms with Crippen LogP contribution in [0.5, 0.6) is 0 Å². The van der Waals surface area contributed by atoms with Gasteiger partial charge in [0.15, 0.2) is 0 Å². The topological polar surface area (TPSA) is 29.3 Å². The molecule has 1 saturated carbocycles. The third-order valence-electron chi connectivity index (χ3n) is 3.72. The first-order valence-corrected chi connectivity index (χ1v) is 6.77. The number of alkyl halides is 3. The number of rotatable bonds is 4. The lowest BCUT2D eigenvalue weighted by atomic mass is 10.1. The Balaban J connectivity index is 2.29. The van der Waals surface area contributed by atoms with E-state index in [0.717, 1.165) is 31.7 Å². The molecule has 0 spiro atoms. The zero-order valence-electron chi connectivity index (χ0n) is 11.1. The highest BCUT2D eigenvalue weighted by molar-refractivity contribution is 5.50. The van der Waals surface area contributed by atoms with Crippen LogP contribution in [-0.4, -0.2) is 19.1 Å². The van der Waals surface area contributed by atoms with E-state index < -0.39 is 17.6 Å². The van der Waals surface area contributed by atoms with Gasteiger partial charge in [-0.2, -0.15) is 13.2 Å². The summed E-state index contributed by atoms with van der Waals surface area (Å²) < 4.78 is 51.7. The minimum absolute atomic E-state index is 0.171. The summed E-state index contributed by atoms with van der Waals surface area (Å²) in [6, 6.07) is 2.88. The third-order valence-corrected chi connectivity index (χ3v) is 3.72. The molecule has 1 aromatic carbocycles. The molecule has 0 radical (unpaired) electrons. The lowest BCUT2D eigenvalue weighted by molar-refractivity contribution is -0.137. The molecule has 0 heterocycles. The molecular formula is C14H18F4N2. The van der Waals surface area contributed by atoms with E-state index in [4.69, 9.17) is 5.73 Å². The van der Waals surface area contributed by atoms with Gasteiger partial charge in [0.25, 0.3) is 0 Å². The Morgan fingerprint density at radius 1 is 1.20 bits per heavy atom. The summed E-state index contributed by atoms with van der Waals surface area (Å²) in [6.07, 6.45) is -0.533. The Hall–Kier alpha value is -1.30. The van der Waals surface area contributed by atoms with Crippen molar-refractivity contribution < 1.29 is 17.6 Å². The Labute approximate surface area is 115 Å². The molecule has 0 aliphatic heterocycles. The first kappa shape index (κ1) is 15.1. The highest BCUT2D eigenvalue weighted by Gasteiger charge is 2.32. The van der Waals surface area contributed by atoms with Crippen molar-refractivity contribution in [3.05, 3.63) is 29.6 Å². The molecule has 0 amide bonds. The van der Waals surface area contributed by atoms with Crippen LogP contribution in [-0.2, 0) is 6.18 Å². The fourth-order valence-electron chi connectivity index (χ4n) is 2.77. The number of anilines is 1. The van der Waals surface area contributed by atoms with Crippen molar-refractivity contribution in [3.63, 3.8) is 0 Å². The van der Waals surface area contributed by atoms with Crippen molar-refractivity contribution in [1.82, 2.24) is 0 Å². The summed E-state index contributed by atoms with van der Waals surface area (Å²) in [5, 5.41) is 0. The Bertz CT molecular complexity index is 453. The second-order valence-corrected chi connectivity index (χ2v) is 5.08. The van der Waals surface area contributed by atoms with E-state index in [0.29, 0.717) is 19.2 Å². The van der Waals surface area contributed by atoms with Crippen LogP contribution in [0.3, 0.4) is 0 Å². The van der Waals surface area contributed by atoms with Crippen LogP contribution in [0, 0.1) is 5.82 Å². The van der Waals surface area contributed by atoms with E-state index in [2.05, 4.69) is 0 Å². The maximum atomic E-state index is 14.0. The van der Waals surface area contributed by atoms with Gasteiger partial charge in [-0.1, -0.05) is 12.8 Å². The fraction of sp³-hybridized carbons (Fsp3) is 0.571. The van der Waals surface area contributed by atoms with E-state index in [1.54, 1.807) is 0 Å². The van der Waals surface area contributed by atoms with Gasteiger partial charge in [-0.05, 0) is 31.0 Å². The molecule has 112 valence electrons. The number of nitrogens with zero attached hydrogens (tertiary/aromatic N) is 1. The SMILES string of the molecule is NCCN(c1ccc(C(F)(F)F)cc1F)C1CCCC1. The molecule has 0 unspecified atom stereocenters. The second-order valence-electron chi connectivity index (χ2n) is 5.08. The predicted octanol–water partition coefficient (Wildman–Crippen LogP) is 3.55. The van der Waals surface area contributed by atoms with Gasteiger partial charge in [0.1, 0.15) is 5.82 Å².